The molecular weight excluding hydrogens is 320 g/mol. The fraction of sp³-hybridized carbons (Fsp3) is 0.533. The minimum atomic E-state index is -0.739. The molecular formula is C15H19BrN2O2. The zero-order chi connectivity index (χ0) is 14.2. The molecule has 2 N–H and O–H groups in total. The van der Waals surface area contributed by atoms with E-state index in [4.69, 9.17) is 10.5 Å². The highest BCUT2D eigenvalue weighted by Crippen LogP contribution is 2.29. The highest BCUT2D eigenvalue weighted by Gasteiger charge is 2.39. The van der Waals surface area contributed by atoms with E-state index < -0.39 is 5.54 Å². The van der Waals surface area contributed by atoms with Gasteiger partial charge in [-0.1, -0.05) is 28.1 Å². The van der Waals surface area contributed by atoms with E-state index in [1.165, 1.54) is 11.1 Å². The molecule has 1 aromatic carbocycles. The van der Waals surface area contributed by atoms with Crippen LogP contribution in [-0.2, 0) is 22.5 Å². The molecule has 5 heteroatoms. The van der Waals surface area contributed by atoms with Crippen LogP contribution in [-0.4, -0.2) is 36.1 Å². The second kappa shape index (κ2) is 5.47. The Bertz CT molecular complexity index is 527. The van der Waals surface area contributed by atoms with Crippen LogP contribution >= 0.6 is 15.9 Å². The first-order valence-corrected chi connectivity index (χ1v) is 7.82. The maximum Gasteiger partial charge on any atom is 0.243 e. The molecule has 3 rings (SSSR count). The van der Waals surface area contributed by atoms with Crippen LogP contribution in [0.4, 0.5) is 0 Å². The molecule has 2 aliphatic heterocycles. The number of carbonyl (C=O) groups is 1. The monoisotopic (exact) mass is 338 g/mol. The van der Waals surface area contributed by atoms with Gasteiger partial charge in [0.05, 0.1) is 5.54 Å². The number of nitrogens with zero attached hydrogens (tertiary/aromatic N) is 1. The molecule has 0 aliphatic carbocycles. The van der Waals surface area contributed by atoms with Crippen LogP contribution in [0.15, 0.2) is 22.7 Å². The van der Waals surface area contributed by atoms with E-state index in [9.17, 15) is 4.79 Å². The van der Waals surface area contributed by atoms with E-state index in [0.29, 0.717) is 32.6 Å². The molecule has 1 amide bonds. The summed E-state index contributed by atoms with van der Waals surface area (Å²) in [5, 5.41) is 0. The summed E-state index contributed by atoms with van der Waals surface area (Å²) in [6.45, 7) is 2.56. The van der Waals surface area contributed by atoms with Gasteiger partial charge in [0, 0.05) is 30.8 Å². The summed E-state index contributed by atoms with van der Waals surface area (Å²) in [5.41, 5.74) is 8.10. The average molecular weight is 339 g/mol. The number of ether oxygens (including phenoxy) is 1. The summed E-state index contributed by atoms with van der Waals surface area (Å²) in [7, 11) is 0. The Balaban J connectivity index is 1.79. The zero-order valence-corrected chi connectivity index (χ0v) is 13.0. The lowest BCUT2D eigenvalue weighted by Gasteiger charge is -2.39. The van der Waals surface area contributed by atoms with Gasteiger partial charge in [0.25, 0.3) is 0 Å². The number of fused-ring (bicyclic) bond motifs is 1. The Morgan fingerprint density at radius 1 is 1.35 bits per heavy atom. The Hall–Kier alpha value is -0.910. The van der Waals surface area contributed by atoms with Crippen molar-refractivity contribution in [2.24, 2.45) is 5.73 Å². The van der Waals surface area contributed by atoms with Crippen molar-refractivity contribution in [2.45, 2.75) is 31.3 Å². The Morgan fingerprint density at radius 2 is 2.10 bits per heavy atom. The minimum Gasteiger partial charge on any atom is -0.381 e. The normalized spacial score (nSPS) is 21.4. The second-order valence-corrected chi connectivity index (χ2v) is 6.48. The zero-order valence-electron chi connectivity index (χ0n) is 11.4. The molecule has 1 fully saturated rings. The number of benzene rings is 1. The molecule has 1 saturated heterocycles. The largest absolute Gasteiger partial charge is 0.381 e. The van der Waals surface area contributed by atoms with Crippen molar-refractivity contribution in [3.63, 3.8) is 0 Å². The van der Waals surface area contributed by atoms with Crippen LogP contribution in [0.2, 0.25) is 0 Å². The Morgan fingerprint density at radius 3 is 2.85 bits per heavy atom. The van der Waals surface area contributed by atoms with E-state index >= 15 is 0 Å². The summed E-state index contributed by atoms with van der Waals surface area (Å²) in [6.07, 6.45) is 2.13. The molecule has 4 nitrogen and oxygen atoms in total. The van der Waals surface area contributed by atoms with Gasteiger partial charge in [-0.25, -0.2) is 0 Å². The first-order chi connectivity index (χ1) is 9.60. The lowest BCUT2D eigenvalue weighted by Crippen LogP contribution is -2.58. The molecule has 1 aromatic rings. The number of halogens is 1. The number of amides is 1. The van der Waals surface area contributed by atoms with Crippen LogP contribution in [0.1, 0.15) is 24.0 Å². The van der Waals surface area contributed by atoms with Gasteiger partial charge in [0.1, 0.15) is 0 Å². The third-order valence-corrected chi connectivity index (χ3v) is 5.06. The third kappa shape index (κ3) is 2.50. The van der Waals surface area contributed by atoms with Crippen LogP contribution in [0.5, 0.6) is 0 Å². The van der Waals surface area contributed by atoms with Crippen molar-refractivity contribution in [2.75, 3.05) is 19.8 Å². The van der Waals surface area contributed by atoms with E-state index in [1.54, 1.807) is 0 Å². The molecule has 20 heavy (non-hydrogen) atoms. The van der Waals surface area contributed by atoms with Crippen LogP contribution in [0.3, 0.4) is 0 Å². The predicted molar refractivity (Wildman–Crippen MR) is 80.2 cm³/mol. The highest BCUT2D eigenvalue weighted by atomic mass is 79.9. The van der Waals surface area contributed by atoms with Crippen molar-refractivity contribution in [3.8, 4) is 0 Å². The van der Waals surface area contributed by atoms with Crippen molar-refractivity contribution < 1.29 is 9.53 Å². The molecule has 2 heterocycles. The van der Waals surface area contributed by atoms with Crippen molar-refractivity contribution in [1.82, 2.24) is 4.90 Å². The van der Waals surface area contributed by atoms with Gasteiger partial charge in [-0.2, -0.15) is 0 Å². The number of carbonyl (C=O) groups excluding carboxylic acids is 1. The lowest BCUT2D eigenvalue weighted by atomic mass is 9.88. The van der Waals surface area contributed by atoms with Crippen molar-refractivity contribution in [1.29, 1.82) is 0 Å². The molecule has 0 spiro atoms. The molecule has 0 saturated carbocycles. The maximum absolute atomic E-state index is 12.7. The fourth-order valence-corrected chi connectivity index (χ4v) is 3.51. The van der Waals surface area contributed by atoms with E-state index in [2.05, 4.69) is 22.0 Å². The van der Waals surface area contributed by atoms with Crippen LogP contribution < -0.4 is 5.73 Å². The van der Waals surface area contributed by atoms with Gasteiger partial charge in [-0.3, -0.25) is 4.79 Å². The number of rotatable bonds is 1. The minimum absolute atomic E-state index is 0.0715. The van der Waals surface area contributed by atoms with Gasteiger partial charge in [-0.05, 0) is 36.5 Å². The van der Waals surface area contributed by atoms with Crippen LogP contribution in [0, 0.1) is 0 Å². The van der Waals surface area contributed by atoms with E-state index in [1.807, 2.05) is 17.0 Å². The molecule has 0 bridgehead atoms. The van der Waals surface area contributed by atoms with Gasteiger partial charge in [-0.15, -0.1) is 0 Å². The topological polar surface area (TPSA) is 55.6 Å². The van der Waals surface area contributed by atoms with Gasteiger partial charge >= 0.3 is 0 Å². The number of hydrogen-bond donors (Lipinski definition) is 1. The fourth-order valence-electron chi connectivity index (χ4n) is 2.98. The number of hydrogen-bond acceptors (Lipinski definition) is 3. The standard InChI is InChI=1S/C15H19BrN2O2/c16-13-3-1-2-11-4-7-18(10-12(11)13)14(19)15(17)5-8-20-9-6-15/h1-3H,4-10,17H2. The highest BCUT2D eigenvalue weighted by molar-refractivity contribution is 9.10. The summed E-state index contributed by atoms with van der Waals surface area (Å²) in [4.78, 5) is 14.6. The van der Waals surface area contributed by atoms with Gasteiger partial charge < -0.3 is 15.4 Å². The average Bonchev–Trinajstić information content (AvgIpc) is 2.47. The molecule has 0 unspecified atom stereocenters. The van der Waals surface area contributed by atoms with E-state index in [0.717, 1.165) is 17.4 Å². The maximum atomic E-state index is 12.7. The Labute approximate surface area is 127 Å². The van der Waals surface area contributed by atoms with Crippen molar-refractivity contribution >= 4 is 21.8 Å². The first kappa shape index (κ1) is 14.0. The third-order valence-electron chi connectivity index (χ3n) is 4.31. The lowest BCUT2D eigenvalue weighted by molar-refractivity contribution is -0.141. The van der Waals surface area contributed by atoms with Crippen molar-refractivity contribution in [3.05, 3.63) is 33.8 Å². The molecule has 0 aromatic heterocycles. The predicted octanol–water partition coefficient (Wildman–Crippen LogP) is 1.84. The smallest absolute Gasteiger partial charge is 0.243 e. The summed E-state index contributed by atoms with van der Waals surface area (Å²) in [5.74, 6) is 0.0715. The number of nitrogens with two attached hydrogens (primary N) is 1. The van der Waals surface area contributed by atoms with Crippen LogP contribution in [0.25, 0.3) is 0 Å². The summed E-state index contributed by atoms with van der Waals surface area (Å²) >= 11 is 3.58. The van der Waals surface area contributed by atoms with E-state index in [-0.39, 0.29) is 5.91 Å². The molecule has 0 atom stereocenters. The molecule has 0 radical (unpaired) electrons. The van der Waals surface area contributed by atoms with Gasteiger partial charge in [0.15, 0.2) is 0 Å². The molecule has 108 valence electrons. The quantitative estimate of drug-likeness (QED) is 0.850. The SMILES string of the molecule is NC1(C(=O)N2CCc3cccc(Br)c3C2)CCOCC1. The molecule has 2 aliphatic rings. The summed E-state index contributed by atoms with van der Waals surface area (Å²) in [6, 6.07) is 6.21. The van der Waals surface area contributed by atoms with Gasteiger partial charge in [0.2, 0.25) is 5.91 Å². The second-order valence-electron chi connectivity index (χ2n) is 5.62. The Kier molecular flexibility index (Phi) is 3.84. The summed E-state index contributed by atoms with van der Waals surface area (Å²) < 4.78 is 6.39. The first-order valence-electron chi connectivity index (χ1n) is 7.02.